The van der Waals surface area contributed by atoms with Crippen LogP contribution in [0.2, 0.25) is 0 Å². The number of aromatic nitrogens is 1. The number of nitro groups is 1. The van der Waals surface area contributed by atoms with Crippen molar-refractivity contribution in [2.45, 2.75) is 13.3 Å². The van der Waals surface area contributed by atoms with Crippen LogP contribution in [0.1, 0.15) is 21.5 Å². The molecule has 7 heteroatoms. The molecule has 0 aliphatic carbocycles. The number of carbonyl (C=O) groups is 1. The standard InChI is InChI=1S/C18H14FN3O3/c1-9-2-3-10(6-15(9)22(24)25)17-12-4-5-20-18(23)13-7-11(19)8-14(21-17)16(12)13/h2-3,6-8,21H,4-5H2,1H3,(H,20,23). The molecular formula is C18H14FN3O3. The van der Waals surface area contributed by atoms with Crippen molar-refractivity contribution in [3.05, 3.63) is 63.0 Å². The Hall–Kier alpha value is -3.22. The number of H-pyrrole nitrogens is 1. The summed E-state index contributed by atoms with van der Waals surface area (Å²) < 4.78 is 13.9. The summed E-state index contributed by atoms with van der Waals surface area (Å²) >= 11 is 0. The fourth-order valence-electron chi connectivity index (χ4n) is 3.40. The van der Waals surface area contributed by atoms with Gasteiger partial charge >= 0.3 is 0 Å². The van der Waals surface area contributed by atoms with Crippen molar-refractivity contribution < 1.29 is 14.1 Å². The van der Waals surface area contributed by atoms with Gasteiger partial charge in [0, 0.05) is 34.6 Å². The number of rotatable bonds is 2. The quantitative estimate of drug-likeness (QED) is 0.553. The summed E-state index contributed by atoms with van der Waals surface area (Å²) in [7, 11) is 0. The maximum atomic E-state index is 13.9. The summed E-state index contributed by atoms with van der Waals surface area (Å²) in [6.45, 7) is 2.10. The van der Waals surface area contributed by atoms with E-state index in [0.29, 0.717) is 40.7 Å². The predicted octanol–water partition coefficient (Wildman–Crippen LogP) is 3.48. The van der Waals surface area contributed by atoms with Crippen LogP contribution >= 0.6 is 0 Å². The number of nitrogens with one attached hydrogen (secondary N) is 2. The van der Waals surface area contributed by atoms with Gasteiger partial charge in [0.15, 0.2) is 0 Å². The van der Waals surface area contributed by atoms with E-state index in [1.165, 1.54) is 18.2 Å². The monoisotopic (exact) mass is 339 g/mol. The first-order valence-corrected chi connectivity index (χ1v) is 7.83. The van der Waals surface area contributed by atoms with Crippen LogP contribution in [0.5, 0.6) is 0 Å². The molecule has 2 heterocycles. The Bertz CT molecular complexity index is 1060. The lowest BCUT2D eigenvalue weighted by Gasteiger charge is -2.05. The normalized spacial score (nSPS) is 13.6. The summed E-state index contributed by atoms with van der Waals surface area (Å²) in [6.07, 6.45) is 0.557. The van der Waals surface area contributed by atoms with E-state index in [-0.39, 0.29) is 17.2 Å². The van der Waals surface area contributed by atoms with Gasteiger partial charge in [-0.25, -0.2) is 4.39 Å². The first-order valence-electron chi connectivity index (χ1n) is 7.83. The van der Waals surface area contributed by atoms with Gasteiger partial charge < -0.3 is 10.3 Å². The third kappa shape index (κ3) is 2.36. The molecule has 25 heavy (non-hydrogen) atoms. The number of hydrogen-bond donors (Lipinski definition) is 2. The lowest BCUT2D eigenvalue weighted by Crippen LogP contribution is -2.23. The Morgan fingerprint density at radius 1 is 1.24 bits per heavy atom. The van der Waals surface area contributed by atoms with Crippen molar-refractivity contribution in [3.63, 3.8) is 0 Å². The number of hydrogen-bond acceptors (Lipinski definition) is 3. The molecule has 1 aromatic heterocycles. The Balaban J connectivity index is 2.02. The van der Waals surface area contributed by atoms with Gasteiger partial charge in [-0.1, -0.05) is 12.1 Å². The highest BCUT2D eigenvalue weighted by Crippen LogP contribution is 2.36. The zero-order chi connectivity index (χ0) is 17.7. The van der Waals surface area contributed by atoms with E-state index in [2.05, 4.69) is 10.3 Å². The maximum absolute atomic E-state index is 13.9. The molecule has 1 amide bonds. The van der Waals surface area contributed by atoms with Crippen molar-refractivity contribution in [1.29, 1.82) is 0 Å². The van der Waals surface area contributed by atoms with Gasteiger partial charge in [-0.15, -0.1) is 0 Å². The van der Waals surface area contributed by atoms with E-state index >= 15 is 0 Å². The third-order valence-corrected chi connectivity index (χ3v) is 4.57. The van der Waals surface area contributed by atoms with Crippen molar-refractivity contribution in [1.82, 2.24) is 10.3 Å². The highest BCUT2D eigenvalue weighted by atomic mass is 19.1. The zero-order valence-electron chi connectivity index (χ0n) is 13.4. The molecule has 4 rings (SSSR count). The lowest BCUT2D eigenvalue weighted by atomic mass is 9.99. The van der Waals surface area contributed by atoms with Crippen molar-refractivity contribution >= 4 is 22.5 Å². The number of nitro benzene ring substituents is 1. The molecule has 2 N–H and O–H groups in total. The Morgan fingerprint density at radius 3 is 2.80 bits per heavy atom. The highest BCUT2D eigenvalue weighted by molar-refractivity contribution is 6.10. The average molecular weight is 339 g/mol. The van der Waals surface area contributed by atoms with Gasteiger partial charge in [0.25, 0.3) is 11.6 Å². The molecule has 0 radical (unpaired) electrons. The molecule has 0 fully saturated rings. The van der Waals surface area contributed by atoms with Crippen LogP contribution in [-0.2, 0) is 6.42 Å². The van der Waals surface area contributed by atoms with Gasteiger partial charge in [0.2, 0.25) is 0 Å². The minimum Gasteiger partial charge on any atom is -0.354 e. The molecule has 3 aromatic rings. The first kappa shape index (κ1) is 15.3. The average Bonchev–Trinajstić information content (AvgIpc) is 2.83. The number of benzene rings is 2. The molecule has 0 atom stereocenters. The summed E-state index contributed by atoms with van der Waals surface area (Å²) in [5, 5.41) is 14.7. The zero-order valence-corrected chi connectivity index (χ0v) is 13.4. The van der Waals surface area contributed by atoms with Crippen LogP contribution in [0, 0.1) is 22.9 Å². The molecule has 1 aliphatic rings. The summed E-state index contributed by atoms with van der Waals surface area (Å²) in [5.74, 6) is -0.822. The molecule has 0 saturated heterocycles. The molecule has 0 saturated carbocycles. The molecule has 0 spiro atoms. The number of aromatic amines is 1. The SMILES string of the molecule is Cc1ccc(-c2[nH]c3cc(F)cc4c3c2CCNC4=O)cc1[N+](=O)[O-]. The Labute approximate surface area is 141 Å². The topological polar surface area (TPSA) is 88.0 Å². The van der Waals surface area contributed by atoms with Gasteiger partial charge in [-0.2, -0.15) is 0 Å². The van der Waals surface area contributed by atoms with E-state index in [0.717, 1.165) is 5.56 Å². The predicted molar refractivity (Wildman–Crippen MR) is 91.1 cm³/mol. The molecule has 126 valence electrons. The van der Waals surface area contributed by atoms with Gasteiger partial charge in [0.1, 0.15) is 5.82 Å². The van der Waals surface area contributed by atoms with Crippen LogP contribution in [0.4, 0.5) is 10.1 Å². The Morgan fingerprint density at radius 2 is 2.04 bits per heavy atom. The minimum absolute atomic E-state index is 0.0255. The number of carbonyl (C=O) groups excluding carboxylic acids is 1. The third-order valence-electron chi connectivity index (χ3n) is 4.57. The highest BCUT2D eigenvalue weighted by Gasteiger charge is 2.24. The van der Waals surface area contributed by atoms with Crippen LogP contribution in [-0.4, -0.2) is 22.4 Å². The number of halogens is 1. The largest absolute Gasteiger partial charge is 0.354 e. The number of nitrogens with zero attached hydrogens (tertiary/aromatic N) is 1. The first-order chi connectivity index (χ1) is 12.0. The van der Waals surface area contributed by atoms with E-state index in [1.807, 2.05) is 0 Å². The van der Waals surface area contributed by atoms with E-state index in [1.54, 1.807) is 19.1 Å². The smallest absolute Gasteiger partial charge is 0.272 e. The number of amides is 1. The second-order valence-electron chi connectivity index (χ2n) is 6.12. The molecule has 6 nitrogen and oxygen atoms in total. The van der Waals surface area contributed by atoms with E-state index in [9.17, 15) is 19.3 Å². The van der Waals surface area contributed by atoms with Gasteiger partial charge in [-0.05, 0) is 31.0 Å². The fourth-order valence-corrected chi connectivity index (χ4v) is 3.40. The van der Waals surface area contributed by atoms with Crippen molar-refractivity contribution in [2.24, 2.45) is 0 Å². The minimum atomic E-state index is -0.506. The molecule has 1 aliphatic heterocycles. The van der Waals surface area contributed by atoms with E-state index in [4.69, 9.17) is 0 Å². The van der Waals surface area contributed by atoms with Crippen LogP contribution in [0.25, 0.3) is 22.2 Å². The van der Waals surface area contributed by atoms with Gasteiger partial charge in [0.05, 0.1) is 16.2 Å². The Kier molecular flexibility index (Phi) is 3.31. The summed E-state index contributed by atoms with van der Waals surface area (Å²) in [6, 6.07) is 7.55. The second-order valence-corrected chi connectivity index (χ2v) is 6.12. The van der Waals surface area contributed by atoms with Crippen LogP contribution in [0.3, 0.4) is 0 Å². The fraction of sp³-hybridized carbons (Fsp3) is 0.167. The summed E-state index contributed by atoms with van der Waals surface area (Å²) in [5.41, 5.74) is 3.58. The van der Waals surface area contributed by atoms with E-state index < -0.39 is 10.7 Å². The van der Waals surface area contributed by atoms with Crippen LogP contribution < -0.4 is 5.32 Å². The van der Waals surface area contributed by atoms with Crippen LogP contribution in [0.15, 0.2) is 30.3 Å². The molecular weight excluding hydrogens is 325 g/mol. The summed E-state index contributed by atoms with van der Waals surface area (Å²) in [4.78, 5) is 26.2. The van der Waals surface area contributed by atoms with Crippen molar-refractivity contribution in [3.8, 4) is 11.3 Å². The lowest BCUT2D eigenvalue weighted by molar-refractivity contribution is -0.385. The molecule has 2 aromatic carbocycles. The molecule has 0 bridgehead atoms. The van der Waals surface area contributed by atoms with Gasteiger partial charge in [-0.3, -0.25) is 14.9 Å². The second kappa shape index (κ2) is 5.41. The molecule has 0 unspecified atom stereocenters. The maximum Gasteiger partial charge on any atom is 0.272 e. The number of aryl methyl sites for hydroxylation is 1. The van der Waals surface area contributed by atoms with Crippen molar-refractivity contribution in [2.75, 3.05) is 6.54 Å².